The van der Waals surface area contributed by atoms with E-state index in [1.807, 2.05) is 58.0 Å². The SMILES string of the molecule is C=C1C[C@@]2(CC(C)=NO2)c2ccccc21.CC1=NOC2(C1)Cc1ccccc1C2.CC1=NOC2(C1)Cc1ccccc1C2=O.CC1=NOC2(CCC(C)CC2)C1.CC1=NOC2(CCCC2)C1.CC1=NOC2(CCCCC2)C1.CC1=NO[C@]2(CCc3ccccc3C2)C1. The molecule has 3 fully saturated rings. The van der Waals surface area contributed by atoms with Crippen LogP contribution in [0, 0.1) is 5.92 Å². The van der Waals surface area contributed by atoms with Gasteiger partial charge < -0.3 is 33.9 Å². The fraction of sp³-hybridized carbons (Fsp3) is 0.558. The van der Waals surface area contributed by atoms with E-state index in [9.17, 15) is 4.79 Å². The summed E-state index contributed by atoms with van der Waals surface area (Å²) in [5.41, 5.74) is 18.4. The highest BCUT2D eigenvalue weighted by Crippen LogP contribution is 2.51. The molecule has 15 heteroatoms. The van der Waals surface area contributed by atoms with Gasteiger partial charge in [0.1, 0.15) is 22.4 Å². The van der Waals surface area contributed by atoms with Gasteiger partial charge in [0.25, 0.3) is 0 Å². The van der Waals surface area contributed by atoms with Crippen molar-refractivity contribution in [2.24, 2.45) is 42.0 Å². The average molecular weight is 1250 g/mol. The molecule has 7 spiro atoms. The number of oxime groups is 7. The maximum absolute atomic E-state index is 12.2. The number of carbonyl (C=O) groups excluding carboxylic acids is 1. The van der Waals surface area contributed by atoms with Crippen molar-refractivity contribution in [1.29, 1.82) is 0 Å². The number of fused-ring (bicyclic) bond motifs is 5. The Hall–Kier alpha value is -7.42. The Morgan fingerprint density at radius 2 is 0.717 bits per heavy atom. The molecular formula is C77H97N7O8. The molecule has 14 aliphatic rings. The van der Waals surface area contributed by atoms with E-state index in [0.29, 0.717) is 12.8 Å². The van der Waals surface area contributed by atoms with Crippen LogP contribution in [-0.2, 0) is 71.6 Å². The Balaban J connectivity index is 0.000000104. The summed E-state index contributed by atoms with van der Waals surface area (Å²) in [5.74, 6) is 0.971. The zero-order valence-corrected chi connectivity index (χ0v) is 56.0. The molecule has 0 amide bonds. The Morgan fingerprint density at radius 3 is 1.18 bits per heavy atom. The van der Waals surface area contributed by atoms with Crippen LogP contribution in [0.5, 0.6) is 0 Å². The summed E-state index contributed by atoms with van der Waals surface area (Å²) < 4.78 is 0. The number of Topliss-reactive ketones (excluding diaryl/α,β-unsaturated/α-hetero) is 1. The molecule has 4 aromatic carbocycles. The summed E-state index contributed by atoms with van der Waals surface area (Å²) in [6, 6.07) is 33.3. The van der Waals surface area contributed by atoms with Gasteiger partial charge in [-0.3, -0.25) is 4.79 Å². The number of hydrogen-bond acceptors (Lipinski definition) is 15. The van der Waals surface area contributed by atoms with Crippen molar-refractivity contribution in [3.05, 3.63) is 148 Å². The molecule has 0 bridgehead atoms. The third-order valence-electron chi connectivity index (χ3n) is 21.2. The number of nitrogens with zero attached hydrogens (tertiary/aromatic N) is 7. The monoisotopic (exact) mass is 1250 g/mol. The Kier molecular flexibility index (Phi) is 18.9. The quantitative estimate of drug-likeness (QED) is 0.168. The van der Waals surface area contributed by atoms with E-state index in [1.54, 1.807) is 0 Å². The van der Waals surface area contributed by atoms with Gasteiger partial charge in [-0.05, 0) is 183 Å². The number of hydrogen-bond donors (Lipinski definition) is 0. The van der Waals surface area contributed by atoms with Gasteiger partial charge in [-0.1, -0.05) is 153 Å². The van der Waals surface area contributed by atoms with Gasteiger partial charge >= 0.3 is 0 Å². The predicted octanol–water partition coefficient (Wildman–Crippen LogP) is 17.4. The molecule has 1 unspecified atom stereocenters. The summed E-state index contributed by atoms with van der Waals surface area (Å²) in [6.07, 6.45) is 30.1. The lowest BCUT2D eigenvalue weighted by Gasteiger charge is -2.33. The van der Waals surface area contributed by atoms with Crippen molar-refractivity contribution in [3.63, 3.8) is 0 Å². The molecule has 4 aromatic rings. The Labute approximate surface area is 545 Å². The number of ketones is 1. The normalized spacial score (nSPS) is 28.9. The number of carbonyl (C=O) groups is 1. The van der Waals surface area contributed by atoms with E-state index < -0.39 is 5.60 Å². The lowest BCUT2D eigenvalue weighted by Crippen LogP contribution is -2.35. The van der Waals surface area contributed by atoms with E-state index in [-0.39, 0.29) is 39.4 Å². The van der Waals surface area contributed by atoms with Crippen molar-refractivity contribution in [2.75, 3.05) is 0 Å². The van der Waals surface area contributed by atoms with Crippen molar-refractivity contribution in [3.8, 4) is 0 Å². The van der Waals surface area contributed by atoms with Gasteiger partial charge in [0, 0.05) is 88.2 Å². The fourth-order valence-corrected chi connectivity index (χ4v) is 16.7. The minimum Gasteiger partial charge on any atom is -0.389 e. The molecule has 3 atom stereocenters. The lowest BCUT2D eigenvalue weighted by molar-refractivity contribution is -0.0527. The van der Waals surface area contributed by atoms with Crippen LogP contribution in [0.1, 0.15) is 246 Å². The van der Waals surface area contributed by atoms with Crippen LogP contribution in [0.3, 0.4) is 0 Å². The van der Waals surface area contributed by atoms with E-state index in [2.05, 4.69) is 137 Å². The largest absolute Gasteiger partial charge is 0.389 e. The van der Waals surface area contributed by atoms with Gasteiger partial charge in [-0.2, -0.15) is 0 Å². The Bertz CT molecular complexity index is 3590. The third-order valence-corrected chi connectivity index (χ3v) is 21.2. The summed E-state index contributed by atoms with van der Waals surface area (Å²) in [4.78, 5) is 50.8. The van der Waals surface area contributed by atoms with Crippen molar-refractivity contribution in [2.45, 2.75) is 268 Å². The third kappa shape index (κ3) is 14.4. The van der Waals surface area contributed by atoms with Crippen LogP contribution in [0.2, 0.25) is 0 Å². The van der Waals surface area contributed by atoms with Gasteiger partial charge in [-0.25, -0.2) is 0 Å². The second kappa shape index (κ2) is 26.9. The standard InChI is InChI=1S/C13H13NO.C13H15NO.C12H11NO2.C12H13NO.C10H17NO.C9H15NO.C8H13NO/c1-9-7-13(8-10(2)14-15-13)12-6-4-3-5-11(9)12;1-10-8-13(15-14-10)7-6-11-4-2-3-5-12(11)9-13;1-8-6-12(15-13-8)7-9-4-2-3-5-10(9)11(12)14;1-9-6-12(14-13-9)7-10-4-2-3-5-11(10)8-12;1-8-3-5-10(6-4-8)7-9(2)11-12-10;1-8-7-9(11-10-8)5-3-2-4-6-9;1-7-6-8(10-9-7)4-2-3-5-8/h3-6H,1,7-8H2,2H3;2-5H,6-9H2,1H3;2-5H,6-7H2,1H3;2-5H,6-8H2,1H3;8H,3-7H2,1-2H3;2-7H2,1H3;2-6H2,1H3/t2*13-;;;;;/m11...../s1. The second-order valence-electron chi connectivity index (χ2n) is 29.6. The highest BCUT2D eigenvalue weighted by molar-refractivity contribution is 6.10. The van der Waals surface area contributed by atoms with Gasteiger partial charge in [-0.15, -0.1) is 0 Å². The smallest absolute Gasteiger partial charge is 0.210 e. The molecule has 0 aromatic heterocycles. The summed E-state index contributed by atoms with van der Waals surface area (Å²) in [7, 11) is 0. The van der Waals surface area contributed by atoms with Crippen molar-refractivity contribution in [1.82, 2.24) is 0 Å². The van der Waals surface area contributed by atoms with Crippen LogP contribution >= 0.6 is 0 Å². The van der Waals surface area contributed by atoms with Crippen molar-refractivity contribution >= 4 is 51.3 Å². The molecule has 488 valence electrons. The maximum Gasteiger partial charge on any atom is 0.210 e. The van der Waals surface area contributed by atoms with Crippen LogP contribution in [0.25, 0.3) is 5.57 Å². The second-order valence-corrected chi connectivity index (χ2v) is 29.6. The number of rotatable bonds is 0. The minimum atomic E-state index is -0.715. The first kappa shape index (κ1) is 64.7. The number of aryl methyl sites for hydroxylation is 1. The zero-order valence-electron chi connectivity index (χ0n) is 56.0. The molecule has 3 saturated carbocycles. The van der Waals surface area contributed by atoms with E-state index >= 15 is 0 Å². The van der Waals surface area contributed by atoms with E-state index in [0.717, 1.165) is 123 Å². The minimum absolute atomic E-state index is 0.0154. The van der Waals surface area contributed by atoms with Gasteiger partial charge in [0.15, 0.2) is 11.2 Å². The highest BCUT2D eigenvalue weighted by atomic mass is 16.7. The van der Waals surface area contributed by atoms with E-state index in [1.165, 1.54) is 134 Å². The first-order chi connectivity index (χ1) is 44.3. The zero-order chi connectivity index (χ0) is 64.2. The molecular weight excluding hydrogens is 1150 g/mol. The lowest BCUT2D eigenvalue weighted by atomic mass is 9.77. The molecule has 7 aliphatic carbocycles. The summed E-state index contributed by atoms with van der Waals surface area (Å²) in [5, 5.41) is 28.2. The molecule has 7 aliphatic heterocycles. The predicted molar refractivity (Wildman–Crippen MR) is 366 cm³/mol. The van der Waals surface area contributed by atoms with Gasteiger partial charge in [0.2, 0.25) is 11.4 Å². The first-order valence-electron chi connectivity index (χ1n) is 34.3. The van der Waals surface area contributed by atoms with Crippen LogP contribution in [-0.4, -0.2) is 79.4 Å². The fourth-order valence-electron chi connectivity index (χ4n) is 16.7. The molecule has 15 nitrogen and oxygen atoms in total. The molecule has 0 radical (unpaired) electrons. The Morgan fingerprint density at radius 1 is 0.348 bits per heavy atom. The summed E-state index contributed by atoms with van der Waals surface area (Å²) >= 11 is 0. The summed E-state index contributed by atoms with van der Waals surface area (Å²) in [6.45, 7) is 20.6. The van der Waals surface area contributed by atoms with Gasteiger partial charge in [0.05, 0.1) is 40.0 Å². The molecule has 92 heavy (non-hydrogen) atoms. The number of benzene rings is 4. The highest BCUT2D eigenvalue weighted by Gasteiger charge is 2.52. The van der Waals surface area contributed by atoms with Crippen LogP contribution < -0.4 is 0 Å². The topological polar surface area (TPSA) is 168 Å². The molecule has 0 N–H and O–H groups in total. The first-order valence-corrected chi connectivity index (χ1v) is 34.3. The molecule has 7 heterocycles. The maximum atomic E-state index is 12.2. The van der Waals surface area contributed by atoms with Crippen LogP contribution in [0.15, 0.2) is 140 Å². The molecule has 18 rings (SSSR count). The molecule has 0 saturated heterocycles. The van der Waals surface area contributed by atoms with Crippen molar-refractivity contribution < 1.29 is 38.7 Å². The van der Waals surface area contributed by atoms with Crippen LogP contribution in [0.4, 0.5) is 0 Å². The average Bonchev–Trinajstić information content (AvgIpc) is 1.60. The van der Waals surface area contributed by atoms with E-state index in [4.69, 9.17) is 33.9 Å².